The molecule has 6 heteroatoms. The third-order valence-electron chi connectivity index (χ3n) is 3.26. The minimum atomic E-state index is -2.96. The molecule has 1 saturated heterocycles. The summed E-state index contributed by atoms with van der Waals surface area (Å²) in [6.07, 6.45) is 0.771. The van der Waals surface area contributed by atoms with Crippen molar-refractivity contribution in [1.82, 2.24) is 0 Å². The first-order valence-electron chi connectivity index (χ1n) is 5.98. The molecule has 1 aliphatic rings. The number of ketones is 1. The fourth-order valence-corrected chi connectivity index (χ4v) is 4.34. The van der Waals surface area contributed by atoms with Gasteiger partial charge in [0.15, 0.2) is 15.6 Å². The molecule has 1 unspecified atom stereocenters. The van der Waals surface area contributed by atoms with E-state index >= 15 is 0 Å². The predicted octanol–water partition coefficient (Wildman–Crippen LogP) is 2.36. The molecule has 0 spiro atoms. The average molecular weight is 303 g/mol. The number of carbonyl (C=O) groups is 1. The summed E-state index contributed by atoms with van der Waals surface area (Å²) in [5.41, 5.74) is 0.416. The summed E-state index contributed by atoms with van der Waals surface area (Å²) < 4.78 is 27.9. The molecule has 0 radical (unpaired) electrons. The normalized spacial score (nSPS) is 21.3. The molecule has 4 nitrogen and oxygen atoms in total. The molecule has 19 heavy (non-hydrogen) atoms. The zero-order chi connectivity index (χ0) is 14.0. The summed E-state index contributed by atoms with van der Waals surface area (Å²) in [5, 5.41) is 0.461. The number of methoxy groups -OCH3 is 1. The summed E-state index contributed by atoms with van der Waals surface area (Å²) >= 11 is 5.88. The van der Waals surface area contributed by atoms with Gasteiger partial charge < -0.3 is 4.74 Å². The number of benzene rings is 1. The molecular formula is C13H15ClO4S. The van der Waals surface area contributed by atoms with E-state index in [2.05, 4.69) is 0 Å². The van der Waals surface area contributed by atoms with Gasteiger partial charge in [0.05, 0.1) is 24.2 Å². The molecule has 0 amide bonds. The number of hydrogen-bond donors (Lipinski definition) is 0. The van der Waals surface area contributed by atoms with Gasteiger partial charge in [0.25, 0.3) is 0 Å². The van der Waals surface area contributed by atoms with Crippen LogP contribution in [0.1, 0.15) is 23.2 Å². The van der Waals surface area contributed by atoms with E-state index in [1.54, 1.807) is 18.2 Å². The van der Waals surface area contributed by atoms with Crippen molar-refractivity contribution in [2.75, 3.05) is 18.6 Å². The Morgan fingerprint density at radius 1 is 1.47 bits per heavy atom. The third kappa shape index (κ3) is 3.48. The van der Waals surface area contributed by atoms with Crippen molar-refractivity contribution in [3.05, 3.63) is 28.8 Å². The Balaban J connectivity index is 2.14. The Kier molecular flexibility index (Phi) is 4.16. The molecule has 104 valence electrons. The molecule has 1 aromatic rings. The molecule has 1 aromatic carbocycles. The van der Waals surface area contributed by atoms with Gasteiger partial charge in [-0.3, -0.25) is 4.79 Å². The maximum absolute atomic E-state index is 12.2. The van der Waals surface area contributed by atoms with Gasteiger partial charge >= 0.3 is 0 Å². The van der Waals surface area contributed by atoms with E-state index < -0.39 is 9.84 Å². The molecular weight excluding hydrogens is 288 g/mol. The first-order chi connectivity index (χ1) is 8.91. The van der Waals surface area contributed by atoms with Crippen LogP contribution in [0.3, 0.4) is 0 Å². The predicted molar refractivity (Wildman–Crippen MR) is 73.7 cm³/mol. The quantitative estimate of drug-likeness (QED) is 0.801. The minimum Gasteiger partial charge on any atom is -0.496 e. The van der Waals surface area contributed by atoms with Gasteiger partial charge in [-0.25, -0.2) is 8.42 Å². The Bertz CT molecular complexity index is 595. The smallest absolute Gasteiger partial charge is 0.166 e. The number of halogens is 1. The number of ether oxygens (including phenoxy) is 1. The number of rotatable bonds is 4. The Morgan fingerprint density at radius 3 is 2.79 bits per heavy atom. The van der Waals surface area contributed by atoms with Gasteiger partial charge in [-0.2, -0.15) is 0 Å². The Hall–Kier alpha value is -1.07. The molecule has 0 saturated carbocycles. The van der Waals surface area contributed by atoms with Crippen LogP contribution in [-0.4, -0.2) is 32.8 Å². The fourth-order valence-electron chi connectivity index (χ4n) is 2.30. The summed E-state index contributed by atoms with van der Waals surface area (Å²) in [6.45, 7) is 0. The van der Waals surface area contributed by atoms with Crippen LogP contribution in [0.2, 0.25) is 5.02 Å². The van der Waals surface area contributed by atoms with Crippen LogP contribution in [0.25, 0.3) is 0 Å². The fraction of sp³-hybridized carbons (Fsp3) is 0.462. The van der Waals surface area contributed by atoms with Crippen LogP contribution >= 0.6 is 11.6 Å². The van der Waals surface area contributed by atoms with Crippen LogP contribution in [-0.2, 0) is 9.84 Å². The van der Waals surface area contributed by atoms with Crippen molar-refractivity contribution in [3.63, 3.8) is 0 Å². The molecule has 0 N–H and O–H groups in total. The lowest BCUT2D eigenvalue weighted by Crippen LogP contribution is -2.11. The number of Topliss-reactive ketones (excluding diaryl/α,β-unsaturated/α-hetero) is 1. The zero-order valence-corrected chi connectivity index (χ0v) is 12.1. The summed E-state index contributed by atoms with van der Waals surface area (Å²) in [7, 11) is -1.47. The van der Waals surface area contributed by atoms with Crippen LogP contribution in [0.15, 0.2) is 18.2 Å². The highest BCUT2D eigenvalue weighted by atomic mass is 35.5. The van der Waals surface area contributed by atoms with E-state index in [9.17, 15) is 13.2 Å². The van der Waals surface area contributed by atoms with Crippen LogP contribution < -0.4 is 4.74 Å². The van der Waals surface area contributed by atoms with E-state index in [0.29, 0.717) is 22.8 Å². The summed E-state index contributed by atoms with van der Waals surface area (Å²) in [4.78, 5) is 12.2. The van der Waals surface area contributed by atoms with Gasteiger partial charge in [-0.05, 0) is 30.5 Å². The number of hydrogen-bond acceptors (Lipinski definition) is 4. The largest absolute Gasteiger partial charge is 0.496 e. The third-order valence-corrected chi connectivity index (χ3v) is 5.33. The van der Waals surface area contributed by atoms with Crippen molar-refractivity contribution < 1.29 is 17.9 Å². The number of carbonyl (C=O) groups excluding carboxylic acids is 1. The highest BCUT2D eigenvalue weighted by Gasteiger charge is 2.30. The van der Waals surface area contributed by atoms with Crippen LogP contribution in [0.5, 0.6) is 5.75 Å². The second-order valence-corrected chi connectivity index (χ2v) is 7.41. The van der Waals surface area contributed by atoms with E-state index in [-0.39, 0.29) is 29.6 Å². The van der Waals surface area contributed by atoms with Gasteiger partial charge in [0.2, 0.25) is 0 Å². The second-order valence-electron chi connectivity index (χ2n) is 4.74. The zero-order valence-electron chi connectivity index (χ0n) is 10.6. The van der Waals surface area contributed by atoms with Crippen molar-refractivity contribution >= 4 is 27.2 Å². The highest BCUT2D eigenvalue weighted by Crippen LogP contribution is 2.28. The lowest BCUT2D eigenvalue weighted by atomic mass is 9.97. The van der Waals surface area contributed by atoms with Gasteiger partial charge in [-0.1, -0.05) is 11.6 Å². The molecule has 2 rings (SSSR count). The van der Waals surface area contributed by atoms with Crippen molar-refractivity contribution in [2.45, 2.75) is 12.8 Å². The van der Waals surface area contributed by atoms with Crippen molar-refractivity contribution in [2.24, 2.45) is 5.92 Å². The molecule has 0 aliphatic carbocycles. The van der Waals surface area contributed by atoms with E-state index in [4.69, 9.17) is 16.3 Å². The molecule has 1 atom stereocenters. The minimum absolute atomic E-state index is 0.0961. The number of sulfone groups is 1. The lowest BCUT2D eigenvalue weighted by Gasteiger charge is -2.10. The van der Waals surface area contributed by atoms with E-state index in [1.807, 2.05) is 0 Å². The standard InChI is InChI=1S/C13H15ClO4S/c1-18-13-3-2-10(14)7-11(13)12(15)6-9-4-5-19(16,17)8-9/h2-3,7,9H,4-6,8H2,1H3. The first kappa shape index (κ1) is 14.3. The molecule has 1 fully saturated rings. The van der Waals surface area contributed by atoms with E-state index in [1.165, 1.54) is 7.11 Å². The topological polar surface area (TPSA) is 60.4 Å². The van der Waals surface area contributed by atoms with Gasteiger partial charge in [0, 0.05) is 11.4 Å². The molecule has 1 aliphatic heterocycles. The second kappa shape index (κ2) is 5.51. The average Bonchev–Trinajstić information content (AvgIpc) is 2.68. The lowest BCUT2D eigenvalue weighted by molar-refractivity contribution is 0.0962. The van der Waals surface area contributed by atoms with Crippen LogP contribution in [0, 0.1) is 5.92 Å². The SMILES string of the molecule is COc1ccc(Cl)cc1C(=O)CC1CCS(=O)(=O)C1. The molecule has 0 bridgehead atoms. The summed E-state index contributed by atoms with van der Waals surface area (Å²) in [6, 6.07) is 4.85. The Morgan fingerprint density at radius 2 is 2.21 bits per heavy atom. The maximum atomic E-state index is 12.2. The highest BCUT2D eigenvalue weighted by molar-refractivity contribution is 7.91. The molecule has 0 aromatic heterocycles. The van der Waals surface area contributed by atoms with Crippen molar-refractivity contribution in [3.8, 4) is 5.75 Å². The van der Waals surface area contributed by atoms with Crippen molar-refractivity contribution in [1.29, 1.82) is 0 Å². The monoisotopic (exact) mass is 302 g/mol. The maximum Gasteiger partial charge on any atom is 0.166 e. The molecule has 1 heterocycles. The first-order valence-corrected chi connectivity index (χ1v) is 8.18. The van der Waals surface area contributed by atoms with E-state index in [0.717, 1.165) is 0 Å². The Labute approximate surface area is 117 Å². The van der Waals surface area contributed by atoms with Gasteiger partial charge in [-0.15, -0.1) is 0 Å². The summed E-state index contributed by atoms with van der Waals surface area (Å²) in [5.74, 6) is 0.525. The van der Waals surface area contributed by atoms with Gasteiger partial charge in [0.1, 0.15) is 5.75 Å². The van der Waals surface area contributed by atoms with Crippen LogP contribution in [0.4, 0.5) is 0 Å².